The molecule has 1 saturated heterocycles. The Balaban J connectivity index is 1.56. The molecule has 3 rings (SSSR count). The summed E-state index contributed by atoms with van der Waals surface area (Å²) in [4.78, 5) is 35.0. The number of hydrogen-bond donors (Lipinski definition) is 1. The number of nitrogens with one attached hydrogen (secondary N) is 1. The first kappa shape index (κ1) is 20.9. The summed E-state index contributed by atoms with van der Waals surface area (Å²) >= 11 is 0. The zero-order valence-corrected chi connectivity index (χ0v) is 16.4. The summed E-state index contributed by atoms with van der Waals surface area (Å²) < 4.78 is 18.6. The van der Waals surface area contributed by atoms with Gasteiger partial charge in [0.1, 0.15) is 11.5 Å². The molecule has 154 valence electrons. The number of aryl methyl sites for hydroxylation is 1. The van der Waals surface area contributed by atoms with Gasteiger partial charge in [0.05, 0.1) is 18.0 Å². The van der Waals surface area contributed by atoms with Gasteiger partial charge in [-0.05, 0) is 37.5 Å². The van der Waals surface area contributed by atoms with Gasteiger partial charge in [-0.2, -0.15) is 0 Å². The summed E-state index contributed by atoms with van der Waals surface area (Å²) in [6.07, 6.45) is 4.98. The highest BCUT2D eigenvalue weighted by molar-refractivity contribution is 5.92. The second kappa shape index (κ2) is 10.1. The number of halogens is 1. The maximum atomic E-state index is 13.0. The van der Waals surface area contributed by atoms with E-state index in [-0.39, 0.29) is 42.4 Å². The average molecular weight is 400 g/mol. The molecule has 1 N–H and O–H groups in total. The fourth-order valence-electron chi connectivity index (χ4n) is 3.10. The van der Waals surface area contributed by atoms with E-state index in [9.17, 15) is 14.0 Å². The lowest BCUT2D eigenvalue weighted by Gasteiger charge is -2.25. The van der Waals surface area contributed by atoms with Crippen LogP contribution in [0.2, 0.25) is 0 Å². The van der Waals surface area contributed by atoms with Gasteiger partial charge in [0.15, 0.2) is 0 Å². The molecule has 0 spiro atoms. The van der Waals surface area contributed by atoms with E-state index in [0.717, 1.165) is 24.1 Å². The second-order valence-corrected chi connectivity index (χ2v) is 7.08. The average Bonchev–Trinajstić information content (AvgIpc) is 3.24. The fourth-order valence-corrected chi connectivity index (χ4v) is 3.10. The van der Waals surface area contributed by atoms with Crippen molar-refractivity contribution in [2.24, 2.45) is 0 Å². The van der Waals surface area contributed by atoms with Gasteiger partial charge in [-0.1, -0.05) is 12.1 Å². The molecule has 2 amide bonds. The minimum absolute atomic E-state index is 0.0281. The molecular formula is C21H25FN4O3. The normalized spacial score (nSPS) is 15.9. The van der Waals surface area contributed by atoms with Crippen LogP contribution in [-0.4, -0.2) is 52.5 Å². The molecule has 0 aliphatic carbocycles. The Morgan fingerprint density at radius 3 is 2.69 bits per heavy atom. The summed E-state index contributed by atoms with van der Waals surface area (Å²) in [7, 11) is 0. The van der Waals surface area contributed by atoms with Crippen LogP contribution in [0.1, 0.15) is 41.0 Å². The Bertz CT molecular complexity index is 821. The summed E-state index contributed by atoms with van der Waals surface area (Å²) in [5, 5.41) is 2.80. The van der Waals surface area contributed by atoms with Gasteiger partial charge in [0, 0.05) is 38.9 Å². The summed E-state index contributed by atoms with van der Waals surface area (Å²) in [5.41, 5.74) is 1.79. The van der Waals surface area contributed by atoms with E-state index in [1.165, 1.54) is 18.3 Å². The van der Waals surface area contributed by atoms with Crippen molar-refractivity contribution in [3.63, 3.8) is 0 Å². The van der Waals surface area contributed by atoms with Crippen molar-refractivity contribution in [3.05, 3.63) is 59.4 Å². The number of nitrogens with zero attached hydrogens (tertiary/aromatic N) is 3. The molecule has 1 fully saturated rings. The number of amides is 2. The summed E-state index contributed by atoms with van der Waals surface area (Å²) in [5.74, 6) is -0.767. The van der Waals surface area contributed by atoms with Crippen molar-refractivity contribution >= 4 is 11.8 Å². The van der Waals surface area contributed by atoms with E-state index in [1.54, 1.807) is 30.2 Å². The molecule has 1 aromatic carbocycles. The standard InChI is InChI=1S/C21H25FN4O3/c1-15-11-24-19(13-23-15)21(28)26(14-18-3-2-10-29-18)9-8-20(27)25-12-16-4-6-17(22)7-5-16/h4-7,11,13,18H,2-3,8-10,12,14H2,1H3,(H,25,27)/t18-/m1/s1. The molecule has 8 heteroatoms. The number of carbonyl (C=O) groups excluding carboxylic acids is 2. The monoisotopic (exact) mass is 400 g/mol. The van der Waals surface area contributed by atoms with Crippen LogP contribution < -0.4 is 5.32 Å². The smallest absolute Gasteiger partial charge is 0.274 e. The van der Waals surface area contributed by atoms with Crippen LogP contribution >= 0.6 is 0 Å². The lowest BCUT2D eigenvalue weighted by molar-refractivity contribution is -0.121. The van der Waals surface area contributed by atoms with Gasteiger partial charge in [-0.15, -0.1) is 0 Å². The summed E-state index contributed by atoms with van der Waals surface area (Å²) in [6, 6.07) is 5.95. The third-order valence-electron chi connectivity index (χ3n) is 4.75. The predicted molar refractivity (Wildman–Crippen MR) is 105 cm³/mol. The Hall–Kier alpha value is -2.87. The van der Waals surface area contributed by atoms with Crippen LogP contribution in [0.4, 0.5) is 4.39 Å². The molecule has 0 bridgehead atoms. The van der Waals surface area contributed by atoms with Crippen molar-refractivity contribution < 1.29 is 18.7 Å². The van der Waals surface area contributed by atoms with Crippen LogP contribution in [0.3, 0.4) is 0 Å². The number of carbonyl (C=O) groups is 2. The maximum Gasteiger partial charge on any atom is 0.274 e. The molecule has 0 saturated carbocycles. The lowest BCUT2D eigenvalue weighted by atomic mass is 10.2. The lowest BCUT2D eigenvalue weighted by Crippen LogP contribution is -2.40. The zero-order valence-electron chi connectivity index (χ0n) is 16.4. The molecule has 1 aromatic heterocycles. The quantitative estimate of drug-likeness (QED) is 0.735. The molecule has 7 nitrogen and oxygen atoms in total. The topological polar surface area (TPSA) is 84.4 Å². The third kappa shape index (κ3) is 6.32. The highest BCUT2D eigenvalue weighted by Crippen LogP contribution is 2.15. The molecule has 2 aromatic rings. The van der Waals surface area contributed by atoms with Crippen LogP contribution in [0, 0.1) is 12.7 Å². The second-order valence-electron chi connectivity index (χ2n) is 7.08. The van der Waals surface area contributed by atoms with Crippen LogP contribution in [-0.2, 0) is 16.1 Å². The van der Waals surface area contributed by atoms with E-state index in [1.807, 2.05) is 0 Å². The van der Waals surface area contributed by atoms with Crippen LogP contribution in [0.25, 0.3) is 0 Å². The Morgan fingerprint density at radius 1 is 1.24 bits per heavy atom. The number of ether oxygens (including phenoxy) is 1. The number of hydrogen-bond acceptors (Lipinski definition) is 5. The minimum atomic E-state index is -0.317. The largest absolute Gasteiger partial charge is 0.376 e. The first-order valence-corrected chi connectivity index (χ1v) is 9.72. The molecule has 0 radical (unpaired) electrons. The van der Waals surface area contributed by atoms with E-state index < -0.39 is 0 Å². The van der Waals surface area contributed by atoms with Gasteiger partial charge >= 0.3 is 0 Å². The van der Waals surface area contributed by atoms with Gasteiger partial charge in [-0.3, -0.25) is 14.6 Å². The Morgan fingerprint density at radius 2 is 2.03 bits per heavy atom. The molecule has 1 aliphatic rings. The van der Waals surface area contributed by atoms with Gasteiger partial charge in [0.2, 0.25) is 5.91 Å². The molecule has 0 unspecified atom stereocenters. The van der Waals surface area contributed by atoms with E-state index in [0.29, 0.717) is 19.7 Å². The van der Waals surface area contributed by atoms with Gasteiger partial charge in [-0.25, -0.2) is 9.37 Å². The predicted octanol–water partition coefficient (Wildman–Crippen LogP) is 2.25. The number of benzene rings is 1. The minimum Gasteiger partial charge on any atom is -0.376 e. The van der Waals surface area contributed by atoms with Crippen LogP contribution in [0.15, 0.2) is 36.7 Å². The van der Waals surface area contributed by atoms with E-state index in [4.69, 9.17) is 4.74 Å². The number of aromatic nitrogens is 2. The highest BCUT2D eigenvalue weighted by Gasteiger charge is 2.24. The van der Waals surface area contributed by atoms with Crippen molar-refractivity contribution in [2.45, 2.75) is 38.8 Å². The van der Waals surface area contributed by atoms with Crippen molar-refractivity contribution in [2.75, 3.05) is 19.7 Å². The first-order chi connectivity index (χ1) is 14.0. The van der Waals surface area contributed by atoms with Crippen LogP contribution in [0.5, 0.6) is 0 Å². The zero-order chi connectivity index (χ0) is 20.6. The van der Waals surface area contributed by atoms with E-state index in [2.05, 4.69) is 15.3 Å². The molecule has 1 atom stereocenters. The summed E-state index contributed by atoms with van der Waals surface area (Å²) in [6.45, 7) is 3.47. The van der Waals surface area contributed by atoms with Gasteiger partial charge in [0.25, 0.3) is 5.91 Å². The van der Waals surface area contributed by atoms with E-state index >= 15 is 0 Å². The molecule has 29 heavy (non-hydrogen) atoms. The molecule has 1 aliphatic heterocycles. The maximum absolute atomic E-state index is 13.0. The first-order valence-electron chi connectivity index (χ1n) is 9.72. The van der Waals surface area contributed by atoms with Crippen molar-refractivity contribution in [3.8, 4) is 0 Å². The third-order valence-corrected chi connectivity index (χ3v) is 4.75. The Labute approximate surface area is 169 Å². The van der Waals surface area contributed by atoms with Crippen molar-refractivity contribution in [1.82, 2.24) is 20.2 Å². The SMILES string of the molecule is Cc1cnc(C(=O)N(CCC(=O)NCc2ccc(F)cc2)C[C@H]2CCCO2)cn1. The van der Waals surface area contributed by atoms with Gasteiger partial charge < -0.3 is 15.0 Å². The van der Waals surface area contributed by atoms with Crippen molar-refractivity contribution in [1.29, 1.82) is 0 Å². The number of rotatable bonds is 8. The highest BCUT2D eigenvalue weighted by atomic mass is 19.1. The Kier molecular flexibility index (Phi) is 7.24. The molecular weight excluding hydrogens is 375 g/mol. The molecule has 2 heterocycles. The fraction of sp³-hybridized carbons (Fsp3) is 0.429.